The molecule has 0 fully saturated rings. The standard InChI is InChI=1S/C22H25N3O2/c1-13(2)16-9-11-17(12-10-16)20-19(15(4)23-22(27)25-20)21(26)24-18-8-6-5-7-14(18)3/h5-13,20H,1-4H3,(H,24,26)(H2,23,25,27)/t20-/m1/s1. The first kappa shape index (κ1) is 18.7. The summed E-state index contributed by atoms with van der Waals surface area (Å²) in [6.07, 6.45) is 0. The van der Waals surface area contributed by atoms with Gasteiger partial charge in [0.05, 0.1) is 11.6 Å². The lowest BCUT2D eigenvalue weighted by atomic mass is 9.92. The van der Waals surface area contributed by atoms with E-state index in [1.807, 2.05) is 55.5 Å². The molecule has 5 heteroatoms. The Kier molecular flexibility index (Phi) is 5.31. The average Bonchev–Trinajstić information content (AvgIpc) is 2.63. The second-order valence-corrected chi connectivity index (χ2v) is 7.16. The molecule has 3 N–H and O–H groups in total. The van der Waals surface area contributed by atoms with E-state index in [4.69, 9.17) is 0 Å². The van der Waals surface area contributed by atoms with Gasteiger partial charge in [0.2, 0.25) is 0 Å². The molecule has 27 heavy (non-hydrogen) atoms. The Balaban J connectivity index is 1.94. The number of anilines is 1. The van der Waals surface area contributed by atoms with Crippen molar-refractivity contribution in [3.8, 4) is 0 Å². The fourth-order valence-corrected chi connectivity index (χ4v) is 3.22. The highest BCUT2D eigenvalue weighted by Crippen LogP contribution is 2.29. The maximum Gasteiger partial charge on any atom is 0.319 e. The molecule has 0 saturated carbocycles. The van der Waals surface area contributed by atoms with Gasteiger partial charge in [0, 0.05) is 11.4 Å². The van der Waals surface area contributed by atoms with Gasteiger partial charge >= 0.3 is 6.03 Å². The number of para-hydroxylation sites is 1. The maximum absolute atomic E-state index is 13.0. The third-order valence-corrected chi connectivity index (χ3v) is 4.84. The Labute approximate surface area is 159 Å². The molecule has 1 aliphatic heterocycles. The molecule has 2 aromatic rings. The lowest BCUT2D eigenvalue weighted by molar-refractivity contribution is -0.113. The fourth-order valence-electron chi connectivity index (χ4n) is 3.22. The summed E-state index contributed by atoms with van der Waals surface area (Å²) in [5, 5.41) is 8.55. The molecule has 3 amide bonds. The average molecular weight is 363 g/mol. The molecule has 2 aromatic carbocycles. The van der Waals surface area contributed by atoms with Crippen LogP contribution in [0.2, 0.25) is 0 Å². The summed E-state index contributed by atoms with van der Waals surface area (Å²) in [7, 11) is 0. The van der Waals surface area contributed by atoms with Crippen molar-refractivity contribution in [2.75, 3.05) is 5.32 Å². The van der Waals surface area contributed by atoms with Crippen molar-refractivity contribution in [2.24, 2.45) is 0 Å². The molecule has 0 spiro atoms. The first-order valence-electron chi connectivity index (χ1n) is 9.12. The Morgan fingerprint density at radius 3 is 2.33 bits per heavy atom. The fraction of sp³-hybridized carbons (Fsp3) is 0.273. The van der Waals surface area contributed by atoms with Crippen molar-refractivity contribution in [1.29, 1.82) is 0 Å². The zero-order valence-corrected chi connectivity index (χ0v) is 16.1. The van der Waals surface area contributed by atoms with Gasteiger partial charge in [-0.2, -0.15) is 0 Å². The van der Waals surface area contributed by atoms with Crippen LogP contribution in [0.15, 0.2) is 59.8 Å². The van der Waals surface area contributed by atoms with Crippen LogP contribution in [-0.2, 0) is 4.79 Å². The molecule has 0 aliphatic carbocycles. The number of hydrogen-bond acceptors (Lipinski definition) is 2. The molecule has 3 rings (SSSR count). The van der Waals surface area contributed by atoms with Crippen molar-refractivity contribution in [2.45, 2.75) is 39.7 Å². The Bertz CT molecular complexity index is 898. The summed E-state index contributed by atoms with van der Waals surface area (Å²) in [5.74, 6) is 0.190. The molecule has 5 nitrogen and oxygen atoms in total. The topological polar surface area (TPSA) is 70.2 Å². The predicted molar refractivity (Wildman–Crippen MR) is 107 cm³/mol. The van der Waals surface area contributed by atoms with Crippen LogP contribution < -0.4 is 16.0 Å². The minimum Gasteiger partial charge on any atom is -0.327 e. The molecule has 140 valence electrons. The molecule has 0 radical (unpaired) electrons. The van der Waals surface area contributed by atoms with Crippen LogP contribution in [0.4, 0.5) is 10.5 Å². The normalized spacial score (nSPS) is 16.8. The van der Waals surface area contributed by atoms with E-state index in [0.29, 0.717) is 17.2 Å². The van der Waals surface area contributed by atoms with Gasteiger partial charge in [0.1, 0.15) is 0 Å². The Morgan fingerprint density at radius 1 is 1.04 bits per heavy atom. The molecule has 0 aromatic heterocycles. The summed E-state index contributed by atoms with van der Waals surface area (Å²) < 4.78 is 0. The number of amides is 3. The maximum atomic E-state index is 13.0. The SMILES string of the molecule is CC1=C(C(=O)Nc2ccccc2C)[C@@H](c2ccc(C(C)C)cc2)NC(=O)N1. The number of benzene rings is 2. The van der Waals surface area contributed by atoms with Crippen molar-refractivity contribution < 1.29 is 9.59 Å². The number of hydrogen-bond donors (Lipinski definition) is 3. The highest BCUT2D eigenvalue weighted by molar-refractivity contribution is 6.07. The number of rotatable bonds is 4. The number of carbonyl (C=O) groups excluding carboxylic acids is 2. The summed E-state index contributed by atoms with van der Waals surface area (Å²) in [6, 6.07) is 14.8. The minimum atomic E-state index is -0.496. The third-order valence-electron chi connectivity index (χ3n) is 4.84. The van der Waals surface area contributed by atoms with Crippen LogP contribution in [0, 0.1) is 6.92 Å². The third kappa shape index (κ3) is 4.03. The summed E-state index contributed by atoms with van der Waals surface area (Å²) in [6.45, 7) is 7.96. The van der Waals surface area contributed by atoms with E-state index in [-0.39, 0.29) is 11.9 Å². The number of carbonyl (C=O) groups is 2. The molecule has 0 saturated heterocycles. The van der Waals surface area contributed by atoms with Crippen LogP contribution in [0.3, 0.4) is 0 Å². The number of urea groups is 1. The Morgan fingerprint density at radius 2 is 1.70 bits per heavy atom. The van der Waals surface area contributed by atoms with Crippen LogP contribution in [-0.4, -0.2) is 11.9 Å². The van der Waals surface area contributed by atoms with E-state index in [1.54, 1.807) is 6.92 Å². The van der Waals surface area contributed by atoms with Crippen molar-refractivity contribution >= 4 is 17.6 Å². The largest absolute Gasteiger partial charge is 0.327 e. The van der Waals surface area contributed by atoms with Crippen molar-refractivity contribution in [3.63, 3.8) is 0 Å². The van der Waals surface area contributed by atoms with E-state index in [2.05, 4.69) is 29.8 Å². The van der Waals surface area contributed by atoms with Gasteiger partial charge < -0.3 is 16.0 Å². The second kappa shape index (κ2) is 7.66. The van der Waals surface area contributed by atoms with E-state index in [1.165, 1.54) is 5.56 Å². The van der Waals surface area contributed by atoms with E-state index >= 15 is 0 Å². The van der Waals surface area contributed by atoms with E-state index < -0.39 is 6.04 Å². The van der Waals surface area contributed by atoms with Gasteiger partial charge in [-0.3, -0.25) is 4.79 Å². The summed E-state index contributed by atoms with van der Waals surface area (Å²) in [5.41, 5.74) is 4.90. The van der Waals surface area contributed by atoms with Gasteiger partial charge in [-0.25, -0.2) is 4.79 Å². The molecule has 0 unspecified atom stereocenters. The molecule has 1 aliphatic rings. The Hall–Kier alpha value is -3.08. The van der Waals surface area contributed by atoms with Crippen LogP contribution >= 0.6 is 0 Å². The van der Waals surface area contributed by atoms with Crippen molar-refractivity contribution in [1.82, 2.24) is 10.6 Å². The highest BCUT2D eigenvalue weighted by Gasteiger charge is 2.31. The zero-order valence-electron chi connectivity index (χ0n) is 16.1. The zero-order chi connectivity index (χ0) is 19.6. The molecule has 0 bridgehead atoms. The number of nitrogens with one attached hydrogen (secondary N) is 3. The van der Waals surface area contributed by atoms with Gasteiger partial charge in [0.25, 0.3) is 5.91 Å². The van der Waals surface area contributed by atoms with Crippen LogP contribution in [0.25, 0.3) is 0 Å². The molecular formula is C22H25N3O2. The number of allylic oxidation sites excluding steroid dienone is 1. The summed E-state index contributed by atoms with van der Waals surface area (Å²) >= 11 is 0. The lowest BCUT2D eigenvalue weighted by Gasteiger charge is -2.29. The van der Waals surface area contributed by atoms with Crippen molar-refractivity contribution in [3.05, 3.63) is 76.5 Å². The summed E-state index contributed by atoms with van der Waals surface area (Å²) in [4.78, 5) is 25.1. The first-order chi connectivity index (χ1) is 12.9. The minimum absolute atomic E-state index is 0.229. The molecule has 1 heterocycles. The monoisotopic (exact) mass is 363 g/mol. The van der Waals surface area contributed by atoms with Gasteiger partial charge in [-0.1, -0.05) is 56.3 Å². The van der Waals surface area contributed by atoms with Crippen LogP contribution in [0.5, 0.6) is 0 Å². The smallest absolute Gasteiger partial charge is 0.319 e. The van der Waals surface area contributed by atoms with E-state index in [9.17, 15) is 9.59 Å². The quantitative estimate of drug-likeness (QED) is 0.754. The first-order valence-corrected chi connectivity index (χ1v) is 9.12. The molecular weight excluding hydrogens is 338 g/mol. The van der Waals surface area contributed by atoms with Gasteiger partial charge in [0.15, 0.2) is 0 Å². The van der Waals surface area contributed by atoms with Gasteiger partial charge in [-0.05, 0) is 42.5 Å². The molecule has 1 atom stereocenters. The van der Waals surface area contributed by atoms with E-state index in [0.717, 1.165) is 16.8 Å². The van der Waals surface area contributed by atoms with Gasteiger partial charge in [-0.15, -0.1) is 0 Å². The lowest BCUT2D eigenvalue weighted by Crippen LogP contribution is -2.46. The predicted octanol–water partition coefficient (Wildman–Crippen LogP) is 4.39. The second-order valence-electron chi connectivity index (χ2n) is 7.16. The highest BCUT2D eigenvalue weighted by atomic mass is 16.2. The number of aryl methyl sites for hydroxylation is 1. The van der Waals surface area contributed by atoms with Crippen LogP contribution in [0.1, 0.15) is 49.4 Å².